The second-order valence-corrected chi connectivity index (χ2v) is 7.52. The molecule has 1 aromatic rings. The van der Waals surface area contributed by atoms with Crippen LogP contribution < -0.4 is 10.1 Å². The van der Waals surface area contributed by atoms with Crippen molar-refractivity contribution < 1.29 is 9.84 Å². The number of guanidine groups is 1. The number of aromatic hydroxyl groups is 1. The van der Waals surface area contributed by atoms with Crippen LogP contribution >= 0.6 is 24.0 Å². The van der Waals surface area contributed by atoms with E-state index in [1.807, 2.05) is 12.1 Å². The number of likely N-dealkylation sites (tertiary alicyclic amines) is 1. The van der Waals surface area contributed by atoms with E-state index in [1.165, 1.54) is 0 Å². The molecule has 2 rings (SSSR count). The number of nitrogens with zero attached hydrogens (tertiary/aromatic N) is 2. The van der Waals surface area contributed by atoms with Crippen molar-refractivity contribution in [3.63, 3.8) is 0 Å². The summed E-state index contributed by atoms with van der Waals surface area (Å²) in [4.78, 5) is 7.15. The van der Waals surface area contributed by atoms with E-state index in [0.717, 1.165) is 31.0 Å². The molecule has 1 aromatic carbocycles. The third-order valence-corrected chi connectivity index (χ3v) is 5.38. The normalized spacial score (nSPS) is 18.2. The fraction of sp³-hybridized carbons (Fsp3) is 0.632. The number of benzene rings is 1. The summed E-state index contributed by atoms with van der Waals surface area (Å²) in [6.07, 6.45) is 0.809. The summed E-state index contributed by atoms with van der Waals surface area (Å²) < 4.78 is 5.16. The third kappa shape index (κ3) is 4.51. The highest BCUT2D eigenvalue weighted by molar-refractivity contribution is 14.0. The van der Waals surface area contributed by atoms with E-state index in [0.29, 0.717) is 12.3 Å². The highest BCUT2D eigenvalue weighted by Gasteiger charge is 2.53. The molecule has 1 aliphatic heterocycles. The van der Waals surface area contributed by atoms with Crippen LogP contribution in [0.2, 0.25) is 0 Å². The van der Waals surface area contributed by atoms with Gasteiger partial charge in [-0.25, -0.2) is 0 Å². The van der Waals surface area contributed by atoms with E-state index < -0.39 is 0 Å². The van der Waals surface area contributed by atoms with Crippen molar-refractivity contribution in [1.29, 1.82) is 0 Å². The van der Waals surface area contributed by atoms with Gasteiger partial charge >= 0.3 is 0 Å². The van der Waals surface area contributed by atoms with Gasteiger partial charge in [-0.05, 0) is 44.9 Å². The minimum absolute atomic E-state index is 0. The van der Waals surface area contributed by atoms with Gasteiger partial charge < -0.3 is 20.1 Å². The SMILES string of the molecule is CCNC(=NCCc1ccc(O)c(OC)c1)N1CC(C)(C)C1(C)C.I. The zero-order valence-corrected chi connectivity index (χ0v) is 18.5. The number of phenolic OH excluding ortho intramolecular Hbond substituents is 1. The molecule has 0 saturated carbocycles. The number of hydrogen-bond donors (Lipinski definition) is 2. The van der Waals surface area contributed by atoms with E-state index in [1.54, 1.807) is 13.2 Å². The first-order valence-corrected chi connectivity index (χ1v) is 8.65. The Kier molecular flexibility index (Phi) is 7.40. The molecule has 0 spiro atoms. The molecule has 142 valence electrons. The molecule has 0 radical (unpaired) electrons. The van der Waals surface area contributed by atoms with Gasteiger partial charge in [-0.3, -0.25) is 4.99 Å². The molecular formula is C19H32IN3O2. The number of hydrogen-bond acceptors (Lipinski definition) is 3. The largest absolute Gasteiger partial charge is 0.504 e. The molecular weight excluding hydrogens is 429 g/mol. The van der Waals surface area contributed by atoms with Gasteiger partial charge in [0.2, 0.25) is 0 Å². The standard InChI is InChI=1S/C19H31N3O2.HI/c1-7-20-17(22-13-18(2,3)19(22,4)5)21-11-10-14-8-9-15(23)16(12-14)24-6;/h8-9,12,23H,7,10-11,13H2,1-6H3,(H,20,21);1H. The van der Waals surface area contributed by atoms with Gasteiger partial charge in [-0.15, -0.1) is 24.0 Å². The first-order chi connectivity index (χ1) is 11.2. The Balaban J connectivity index is 0.00000312. The van der Waals surface area contributed by atoms with E-state index in [-0.39, 0.29) is 40.7 Å². The molecule has 1 saturated heterocycles. The fourth-order valence-corrected chi connectivity index (χ4v) is 2.96. The van der Waals surface area contributed by atoms with Crippen molar-refractivity contribution in [3.8, 4) is 11.5 Å². The Labute approximate surface area is 168 Å². The molecule has 1 heterocycles. The molecule has 0 atom stereocenters. The molecule has 0 aromatic heterocycles. The summed E-state index contributed by atoms with van der Waals surface area (Å²) in [5, 5.41) is 13.1. The Morgan fingerprint density at radius 1 is 1.32 bits per heavy atom. The van der Waals surface area contributed by atoms with E-state index in [4.69, 9.17) is 9.73 Å². The number of rotatable bonds is 5. The van der Waals surface area contributed by atoms with Crippen LogP contribution in [-0.4, -0.2) is 48.2 Å². The first-order valence-electron chi connectivity index (χ1n) is 8.65. The minimum Gasteiger partial charge on any atom is -0.504 e. The van der Waals surface area contributed by atoms with Crippen LogP contribution in [-0.2, 0) is 6.42 Å². The van der Waals surface area contributed by atoms with Crippen molar-refractivity contribution in [1.82, 2.24) is 10.2 Å². The van der Waals surface area contributed by atoms with Crippen LogP contribution in [0.15, 0.2) is 23.2 Å². The maximum Gasteiger partial charge on any atom is 0.194 e. The number of halogens is 1. The van der Waals surface area contributed by atoms with Gasteiger partial charge in [0, 0.05) is 30.6 Å². The average Bonchev–Trinajstić information content (AvgIpc) is 2.53. The predicted molar refractivity (Wildman–Crippen MR) is 114 cm³/mol. The van der Waals surface area contributed by atoms with Gasteiger partial charge in [0.1, 0.15) is 0 Å². The minimum atomic E-state index is 0. The number of aliphatic imine (C=N–C) groups is 1. The topological polar surface area (TPSA) is 57.1 Å². The molecule has 1 fully saturated rings. The lowest BCUT2D eigenvalue weighted by molar-refractivity contribution is -0.0667. The number of ether oxygens (including phenoxy) is 1. The van der Waals surface area contributed by atoms with Gasteiger partial charge in [-0.2, -0.15) is 0 Å². The summed E-state index contributed by atoms with van der Waals surface area (Å²) in [6, 6.07) is 5.45. The third-order valence-electron chi connectivity index (χ3n) is 5.38. The number of phenols is 1. The maximum atomic E-state index is 9.67. The van der Waals surface area contributed by atoms with E-state index in [9.17, 15) is 5.11 Å². The van der Waals surface area contributed by atoms with Crippen LogP contribution in [0.4, 0.5) is 0 Å². The lowest BCUT2D eigenvalue weighted by Crippen LogP contribution is -2.72. The number of methoxy groups -OCH3 is 1. The Morgan fingerprint density at radius 3 is 2.52 bits per heavy atom. The van der Waals surface area contributed by atoms with Crippen LogP contribution in [0.5, 0.6) is 11.5 Å². The summed E-state index contributed by atoms with van der Waals surface area (Å²) in [5.41, 5.74) is 1.48. The van der Waals surface area contributed by atoms with Crippen molar-refractivity contribution in [2.24, 2.45) is 10.4 Å². The zero-order valence-electron chi connectivity index (χ0n) is 16.2. The lowest BCUT2D eigenvalue weighted by Gasteiger charge is -2.62. The molecule has 0 amide bonds. The number of nitrogens with one attached hydrogen (secondary N) is 1. The van der Waals surface area contributed by atoms with Gasteiger partial charge in [0.05, 0.1) is 7.11 Å². The quantitative estimate of drug-likeness (QED) is 0.400. The predicted octanol–water partition coefficient (Wildman–Crippen LogP) is 3.65. The summed E-state index contributed by atoms with van der Waals surface area (Å²) in [5.74, 6) is 1.66. The van der Waals surface area contributed by atoms with Gasteiger partial charge in [-0.1, -0.05) is 19.9 Å². The maximum absolute atomic E-state index is 9.67. The monoisotopic (exact) mass is 461 g/mol. The molecule has 0 unspecified atom stereocenters. The highest BCUT2D eigenvalue weighted by Crippen LogP contribution is 2.46. The Morgan fingerprint density at radius 2 is 2.00 bits per heavy atom. The van der Waals surface area contributed by atoms with Crippen LogP contribution in [0.1, 0.15) is 40.2 Å². The Bertz CT molecular complexity index is 615. The van der Waals surface area contributed by atoms with Crippen LogP contribution in [0, 0.1) is 5.41 Å². The molecule has 2 N–H and O–H groups in total. The molecule has 1 aliphatic rings. The van der Waals surface area contributed by atoms with Crippen molar-refractivity contribution in [3.05, 3.63) is 23.8 Å². The molecule has 0 bridgehead atoms. The molecule has 0 aliphatic carbocycles. The van der Waals surface area contributed by atoms with E-state index >= 15 is 0 Å². The van der Waals surface area contributed by atoms with Crippen LogP contribution in [0.25, 0.3) is 0 Å². The van der Waals surface area contributed by atoms with Gasteiger partial charge in [0.25, 0.3) is 0 Å². The molecule has 6 heteroatoms. The summed E-state index contributed by atoms with van der Waals surface area (Å²) in [7, 11) is 1.56. The second-order valence-electron chi connectivity index (χ2n) is 7.52. The Hall–Kier alpha value is -1.18. The average molecular weight is 461 g/mol. The smallest absolute Gasteiger partial charge is 0.194 e. The molecule has 25 heavy (non-hydrogen) atoms. The fourth-order valence-electron chi connectivity index (χ4n) is 2.96. The summed E-state index contributed by atoms with van der Waals surface area (Å²) >= 11 is 0. The first kappa shape index (κ1) is 21.9. The van der Waals surface area contributed by atoms with E-state index in [2.05, 4.69) is 44.8 Å². The van der Waals surface area contributed by atoms with Gasteiger partial charge in [0.15, 0.2) is 17.5 Å². The molecule has 5 nitrogen and oxygen atoms in total. The van der Waals surface area contributed by atoms with Crippen molar-refractivity contribution >= 4 is 29.9 Å². The lowest BCUT2D eigenvalue weighted by atomic mass is 9.65. The summed E-state index contributed by atoms with van der Waals surface area (Å²) in [6.45, 7) is 13.8. The van der Waals surface area contributed by atoms with Crippen LogP contribution in [0.3, 0.4) is 0 Å². The zero-order chi connectivity index (χ0) is 18.0. The van der Waals surface area contributed by atoms with Crippen molar-refractivity contribution in [2.75, 3.05) is 26.7 Å². The second kappa shape index (κ2) is 8.47. The highest BCUT2D eigenvalue weighted by atomic mass is 127. The van der Waals surface area contributed by atoms with Crippen molar-refractivity contribution in [2.45, 2.75) is 46.6 Å².